The van der Waals surface area contributed by atoms with Crippen molar-refractivity contribution < 1.29 is 9.90 Å². The van der Waals surface area contributed by atoms with E-state index in [0.717, 1.165) is 4.57 Å². The molecule has 7 nitrogen and oxygen atoms in total. The molecule has 0 bridgehead atoms. The van der Waals surface area contributed by atoms with Gasteiger partial charge in [0, 0.05) is 19.3 Å². The van der Waals surface area contributed by atoms with Crippen LogP contribution < -0.4 is 11.2 Å². The Morgan fingerprint density at radius 3 is 2.55 bits per heavy atom. The van der Waals surface area contributed by atoms with E-state index in [9.17, 15) is 19.5 Å². The molecule has 0 atom stereocenters. The molecule has 110 valence electrons. The van der Waals surface area contributed by atoms with Crippen LogP contribution in [0.4, 0.5) is 0 Å². The Morgan fingerprint density at radius 2 is 2.00 bits per heavy atom. The zero-order valence-electron chi connectivity index (χ0n) is 11.9. The normalized spacial score (nSPS) is 17.1. The maximum Gasteiger partial charge on any atom is 0.331 e. The summed E-state index contributed by atoms with van der Waals surface area (Å²) in [7, 11) is 1.37. The molecule has 1 amide bonds. The Labute approximate surface area is 116 Å². The Morgan fingerprint density at radius 1 is 1.40 bits per heavy atom. The molecule has 1 aliphatic rings. The highest BCUT2D eigenvalue weighted by Gasteiger charge is 2.45. The van der Waals surface area contributed by atoms with Gasteiger partial charge >= 0.3 is 5.69 Å². The molecule has 1 saturated heterocycles. The van der Waals surface area contributed by atoms with Gasteiger partial charge in [0.05, 0.1) is 13.1 Å². The first kappa shape index (κ1) is 14.5. The van der Waals surface area contributed by atoms with Gasteiger partial charge in [0.25, 0.3) is 5.56 Å². The summed E-state index contributed by atoms with van der Waals surface area (Å²) in [6.45, 7) is 4.24. The van der Waals surface area contributed by atoms with Gasteiger partial charge < -0.3 is 10.0 Å². The second-order valence-electron chi connectivity index (χ2n) is 5.63. The maximum atomic E-state index is 12.0. The number of nitrogens with zero attached hydrogens (tertiary/aromatic N) is 3. The number of amides is 1. The number of carbonyl (C=O) groups excluding carboxylic acids is 1. The van der Waals surface area contributed by atoms with Crippen molar-refractivity contribution in [3.05, 3.63) is 33.1 Å². The van der Waals surface area contributed by atoms with Crippen LogP contribution in [0.2, 0.25) is 0 Å². The van der Waals surface area contributed by atoms with Crippen molar-refractivity contribution in [2.24, 2.45) is 13.0 Å². The number of rotatable bonds is 3. The van der Waals surface area contributed by atoms with Crippen molar-refractivity contribution in [1.82, 2.24) is 14.0 Å². The van der Waals surface area contributed by atoms with Crippen LogP contribution in [0, 0.1) is 5.92 Å². The van der Waals surface area contributed by atoms with Gasteiger partial charge in [-0.1, -0.05) is 13.8 Å². The van der Waals surface area contributed by atoms with Crippen LogP contribution in [0.5, 0.6) is 0 Å². The number of hydrogen-bond donors (Lipinski definition) is 1. The summed E-state index contributed by atoms with van der Waals surface area (Å²) in [4.78, 5) is 36.6. The molecule has 0 saturated carbocycles. The van der Waals surface area contributed by atoms with Crippen molar-refractivity contribution in [2.75, 3.05) is 13.1 Å². The lowest BCUT2D eigenvalue weighted by Crippen LogP contribution is -2.66. The predicted molar refractivity (Wildman–Crippen MR) is 72.3 cm³/mol. The van der Waals surface area contributed by atoms with Gasteiger partial charge in [0.15, 0.2) is 0 Å². The zero-order valence-corrected chi connectivity index (χ0v) is 11.9. The molecule has 20 heavy (non-hydrogen) atoms. The Kier molecular flexibility index (Phi) is 3.56. The van der Waals surface area contributed by atoms with Crippen molar-refractivity contribution in [1.29, 1.82) is 0 Å². The third kappa shape index (κ3) is 2.40. The van der Waals surface area contributed by atoms with Gasteiger partial charge in [-0.3, -0.25) is 18.7 Å². The maximum absolute atomic E-state index is 12.0. The molecule has 0 spiro atoms. The molecule has 0 aliphatic carbocycles. The highest BCUT2D eigenvalue weighted by molar-refractivity contribution is 5.77. The van der Waals surface area contributed by atoms with E-state index < -0.39 is 16.9 Å². The van der Waals surface area contributed by atoms with E-state index in [-0.39, 0.29) is 31.5 Å². The molecule has 0 aromatic carbocycles. The molecular formula is C13H19N3O4. The first-order valence-electron chi connectivity index (χ1n) is 6.51. The second kappa shape index (κ2) is 4.90. The van der Waals surface area contributed by atoms with Crippen molar-refractivity contribution in [3.8, 4) is 0 Å². The Balaban J connectivity index is 2.06. The van der Waals surface area contributed by atoms with Gasteiger partial charge in [0.1, 0.15) is 12.1 Å². The van der Waals surface area contributed by atoms with E-state index in [1.165, 1.54) is 28.8 Å². The molecule has 1 N–H and O–H groups in total. The molecule has 0 radical (unpaired) electrons. The van der Waals surface area contributed by atoms with Crippen LogP contribution in [0.15, 0.2) is 21.9 Å². The van der Waals surface area contributed by atoms with Crippen LogP contribution in [-0.2, 0) is 18.4 Å². The summed E-state index contributed by atoms with van der Waals surface area (Å²) in [6, 6.07) is 1.25. The number of aliphatic hydroxyl groups is 1. The monoisotopic (exact) mass is 281 g/mol. The average Bonchev–Trinajstić information content (AvgIpc) is 2.35. The molecule has 0 unspecified atom stereocenters. The number of hydrogen-bond acceptors (Lipinski definition) is 4. The largest absolute Gasteiger partial charge is 0.386 e. The minimum Gasteiger partial charge on any atom is -0.386 e. The summed E-state index contributed by atoms with van der Waals surface area (Å²) in [5.41, 5.74) is -1.76. The number of likely N-dealkylation sites (tertiary alicyclic amines) is 1. The molecule has 1 aromatic rings. The van der Waals surface area contributed by atoms with Crippen molar-refractivity contribution >= 4 is 5.91 Å². The lowest BCUT2D eigenvalue weighted by Gasteiger charge is -2.49. The summed E-state index contributed by atoms with van der Waals surface area (Å²) in [6.07, 6.45) is 1.32. The number of β-amino-alcohol motifs (C(OH)–C–C–N with tert-alkyl or cyclic N) is 1. The first-order chi connectivity index (χ1) is 9.24. The van der Waals surface area contributed by atoms with Gasteiger partial charge in [-0.2, -0.15) is 0 Å². The smallest absolute Gasteiger partial charge is 0.331 e. The van der Waals surface area contributed by atoms with E-state index in [1.807, 2.05) is 13.8 Å². The van der Waals surface area contributed by atoms with Crippen LogP contribution >= 0.6 is 0 Å². The van der Waals surface area contributed by atoms with Gasteiger partial charge in [-0.05, 0) is 5.92 Å². The fraction of sp³-hybridized carbons (Fsp3) is 0.615. The highest BCUT2D eigenvalue weighted by Crippen LogP contribution is 2.28. The van der Waals surface area contributed by atoms with E-state index in [0.29, 0.717) is 0 Å². The SMILES string of the molecule is CC(C)C1(O)CN(C(=O)Cn2ccc(=O)n(C)c2=O)C1. The Hall–Kier alpha value is -1.89. The van der Waals surface area contributed by atoms with E-state index >= 15 is 0 Å². The second-order valence-corrected chi connectivity index (χ2v) is 5.63. The number of aromatic nitrogens is 2. The summed E-state index contributed by atoms with van der Waals surface area (Å²) >= 11 is 0. The van der Waals surface area contributed by atoms with Crippen LogP contribution in [0.3, 0.4) is 0 Å². The third-order valence-electron chi connectivity index (χ3n) is 3.92. The minimum atomic E-state index is -0.829. The summed E-state index contributed by atoms with van der Waals surface area (Å²) < 4.78 is 2.14. The first-order valence-corrected chi connectivity index (χ1v) is 6.51. The van der Waals surface area contributed by atoms with Crippen LogP contribution in [0.1, 0.15) is 13.8 Å². The molecule has 1 aromatic heterocycles. The van der Waals surface area contributed by atoms with Crippen LogP contribution in [-0.4, -0.2) is 43.7 Å². The fourth-order valence-corrected chi connectivity index (χ4v) is 2.14. The quantitative estimate of drug-likeness (QED) is 0.752. The van der Waals surface area contributed by atoms with Gasteiger partial charge in [-0.25, -0.2) is 4.79 Å². The van der Waals surface area contributed by atoms with Crippen molar-refractivity contribution in [3.63, 3.8) is 0 Å². The fourth-order valence-electron chi connectivity index (χ4n) is 2.14. The summed E-state index contributed by atoms with van der Waals surface area (Å²) in [5.74, 6) is -0.164. The Bertz CT molecular complexity index is 638. The topological polar surface area (TPSA) is 84.5 Å². The molecule has 2 rings (SSSR count). The van der Waals surface area contributed by atoms with E-state index in [2.05, 4.69) is 0 Å². The van der Waals surface area contributed by atoms with Crippen molar-refractivity contribution in [2.45, 2.75) is 26.0 Å². The van der Waals surface area contributed by atoms with Gasteiger partial charge in [0.2, 0.25) is 5.91 Å². The molecule has 1 aliphatic heterocycles. The standard InChI is InChI=1S/C13H19N3O4/c1-9(2)13(20)7-16(8-13)11(18)6-15-5-4-10(17)14(3)12(15)19/h4-5,9,20H,6-8H2,1-3H3. The lowest BCUT2D eigenvalue weighted by atomic mass is 9.83. The predicted octanol–water partition coefficient (Wildman–Crippen LogP) is -1.22. The average molecular weight is 281 g/mol. The van der Waals surface area contributed by atoms with E-state index in [1.54, 1.807) is 0 Å². The van der Waals surface area contributed by atoms with Gasteiger partial charge in [-0.15, -0.1) is 0 Å². The molecule has 7 heteroatoms. The minimum absolute atomic E-state index is 0.0758. The molecular weight excluding hydrogens is 262 g/mol. The zero-order chi connectivity index (χ0) is 15.1. The lowest BCUT2D eigenvalue weighted by molar-refractivity contribution is -0.164. The molecule has 2 heterocycles. The summed E-state index contributed by atoms with van der Waals surface area (Å²) in [5, 5.41) is 10.1. The third-order valence-corrected chi connectivity index (χ3v) is 3.92. The van der Waals surface area contributed by atoms with E-state index in [4.69, 9.17) is 0 Å². The highest BCUT2D eigenvalue weighted by atomic mass is 16.3. The molecule has 1 fully saturated rings. The number of carbonyl (C=O) groups is 1. The van der Waals surface area contributed by atoms with Crippen LogP contribution in [0.25, 0.3) is 0 Å².